The van der Waals surface area contributed by atoms with Gasteiger partial charge in [-0.05, 0) is 43.2 Å². The highest BCUT2D eigenvalue weighted by Gasteiger charge is 2.31. The molecule has 1 aromatic carbocycles. The van der Waals surface area contributed by atoms with Gasteiger partial charge in [-0.15, -0.1) is 11.3 Å². The van der Waals surface area contributed by atoms with Gasteiger partial charge < -0.3 is 19.7 Å². The van der Waals surface area contributed by atoms with Crippen LogP contribution in [0.5, 0.6) is 5.75 Å². The van der Waals surface area contributed by atoms with Crippen LogP contribution in [0.1, 0.15) is 55.0 Å². The molecule has 0 aliphatic rings. The van der Waals surface area contributed by atoms with Crippen molar-refractivity contribution in [2.75, 3.05) is 26.0 Å². The Balaban J connectivity index is 1.77. The zero-order chi connectivity index (χ0) is 27.3. The Hall–Kier alpha value is -3.87. The van der Waals surface area contributed by atoms with Gasteiger partial charge in [0.15, 0.2) is 12.4 Å². The van der Waals surface area contributed by atoms with E-state index in [4.69, 9.17) is 9.47 Å². The summed E-state index contributed by atoms with van der Waals surface area (Å²) in [5.74, 6) is -1.67. The number of thiophene rings is 1. The van der Waals surface area contributed by atoms with Crippen LogP contribution in [0.15, 0.2) is 36.5 Å². The summed E-state index contributed by atoms with van der Waals surface area (Å²) in [5, 5.41) is 6.84. The Bertz CT molecular complexity index is 1300. The normalized spacial score (nSPS) is 11.2. The first-order valence-corrected chi connectivity index (χ1v) is 11.9. The number of hydrogen-bond acceptors (Lipinski definition) is 7. The summed E-state index contributed by atoms with van der Waals surface area (Å²) in [6.45, 7) is 3.37. The van der Waals surface area contributed by atoms with Crippen molar-refractivity contribution in [1.82, 2.24) is 14.7 Å². The van der Waals surface area contributed by atoms with Crippen molar-refractivity contribution in [2.45, 2.75) is 33.2 Å². The molecule has 0 fully saturated rings. The fourth-order valence-electron chi connectivity index (χ4n) is 3.15. The van der Waals surface area contributed by atoms with Crippen molar-refractivity contribution in [2.24, 2.45) is 0 Å². The molecule has 0 atom stereocenters. The van der Waals surface area contributed by atoms with Crippen molar-refractivity contribution in [3.05, 3.63) is 63.8 Å². The second-order valence-electron chi connectivity index (χ2n) is 8.09. The summed E-state index contributed by atoms with van der Waals surface area (Å²) in [6.07, 6.45) is -2.49. The number of benzene rings is 1. The van der Waals surface area contributed by atoms with E-state index in [1.807, 2.05) is 6.92 Å². The minimum absolute atomic E-state index is 0.0151. The lowest BCUT2D eigenvalue weighted by molar-refractivity contribution is -0.137. The molecule has 3 aromatic rings. The molecule has 2 heterocycles. The molecule has 0 radical (unpaired) electrons. The molecule has 198 valence electrons. The van der Waals surface area contributed by atoms with E-state index in [9.17, 15) is 27.6 Å². The Morgan fingerprint density at radius 2 is 1.92 bits per heavy atom. The standard InChI is InChI=1S/C24H25F3N4O5S/c1-5-11-35-23(34)18-14(2)19(22(33)30(3)4)37-21(18)28-20(32)17-9-10-31(29-17)13-36-16-8-6-7-15(12-16)24(25,26)27/h6-10,12H,5,11,13H2,1-4H3,(H,28,32). The Kier molecular flexibility index (Phi) is 8.58. The second kappa shape index (κ2) is 11.5. The first-order chi connectivity index (χ1) is 17.4. The number of carbonyl (C=O) groups excluding carboxylic acids is 3. The lowest BCUT2D eigenvalue weighted by Crippen LogP contribution is -2.21. The van der Waals surface area contributed by atoms with Crippen LogP contribution >= 0.6 is 11.3 Å². The minimum atomic E-state index is -4.50. The van der Waals surface area contributed by atoms with Crippen LogP contribution < -0.4 is 10.1 Å². The fourth-order valence-corrected chi connectivity index (χ4v) is 4.36. The van der Waals surface area contributed by atoms with Crippen LogP contribution in [-0.2, 0) is 17.6 Å². The summed E-state index contributed by atoms with van der Waals surface area (Å²) in [4.78, 5) is 39.8. The molecule has 3 rings (SSSR count). The van der Waals surface area contributed by atoms with Gasteiger partial charge in [0.2, 0.25) is 0 Å². The van der Waals surface area contributed by atoms with Gasteiger partial charge in [0.25, 0.3) is 11.8 Å². The Morgan fingerprint density at radius 1 is 1.19 bits per heavy atom. The molecule has 0 spiro atoms. The minimum Gasteiger partial charge on any atom is -0.471 e. The third-order valence-corrected chi connectivity index (χ3v) is 6.21. The zero-order valence-electron chi connectivity index (χ0n) is 20.5. The average Bonchev–Trinajstić information content (AvgIpc) is 3.45. The van der Waals surface area contributed by atoms with E-state index in [2.05, 4.69) is 10.4 Å². The number of esters is 1. The predicted octanol–water partition coefficient (Wildman–Crippen LogP) is 4.83. The topological polar surface area (TPSA) is 103 Å². The van der Waals surface area contributed by atoms with Gasteiger partial charge in [0.05, 0.1) is 22.6 Å². The lowest BCUT2D eigenvalue weighted by atomic mass is 10.1. The number of anilines is 1. The quantitative estimate of drug-likeness (QED) is 0.392. The number of rotatable bonds is 9. The van der Waals surface area contributed by atoms with Crippen LogP contribution in [0, 0.1) is 6.92 Å². The largest absolute Gasteiger partial charge is 0.471 e. The number of nitrogens with one attached hydrogen (secondary N) is 1. The SMILES string of the molecule is CCCOC(=O)c1c(NC(=O)c2ccn(COc3cccc(C(F)(F)F)c3)n2)sc(C(=O)N(C)C)c1C. The molecular formula is C24H25F3N4O5S. The monoisotopic (exact) mass is 538 g/mol. The maximum absolute atomic E-state index is 12.9. The van der Waals surface area contributed by atoms with Gasteiger partial charge in [0.1, 0.15) is 10.8 Å². The Labute approximate surface area is 214 Å². The molecule has 0 aliphatic carbocycles. The number of aromatic nitrogens is 2. The number of ether oxygens (including phenoxy) is 2. The van der Waals surface area contributed by atoms with Crippen molar-refractivity contribution < 1.29 is 37.0 Å². The molecule has 2 aromatic heterocycles. The van der Waals surface area contributed by atoms with Gasteiger partial charge in [-0.1, -0.05) is 13.0 Å². The molecule has 2 amide bonds. The van der Waals surface area contributed by atoms with Gasteiger partial charge in [-0.25, -0.2) is 9.48 Å². The van der Waals surface area contributed by atoms with Crippen LogP contribution in [0.25, 0.3) is 0 Å². The molecule has 0 bridgehead atoms. The molecule has 0 saturated heterocycles. The molecule has 1 N–H and O–H groups in total. The van der Waals surface area contributed by atoms with Crippen molar-refractivity contribution in [3.8, 4) is 5.75 Å². The van der Waals surface area contributed by atoms with Gasteiger partial charge in [0, 0.05) is 20.3 Å². The summed E-state index contributed by atoms with van der Waals surface area (Å²) in [7, 11) is 3.14. The second-order valence-corrected chi connectivity index (χ2v) is 9.11. The molecule has 0 saturated carbocycles. The maximum atomic E-state index is 12.9. The summed E-state index contributed by atoms with van der Waals surface area (Å²) in [6, 6.07) is 5.77. The van der Waals surface area contributed by atoms with E-state index in [1.165, 1.54) is 34.0 Å². The van der Waals surface area contributed by atoms with Gasteiger partial charge in [-0.2, -0.15) is 18.3 Å². The molecule has 9 nitrogen and oxygen atoms in total. The number of amides is 2. The highest BCUT2D eigenvalue weighted by atomic mass is 32.1. The van der Waals surface area contributed by atoms with Crippen LogP contribution in [0.3, 0.4) is 0 Å². The van der Waals surface area contributed by atoms with E-state index < -0.39 is 23.6 Å². The molecular weight excluding hydrogens is 513 g/mol. The number of nitrogens with zero attached hydrogens (tertiary/aromatic N) is 3. The fraction of sp³-hybridized carbons (Fsp3) is 0.333. The van der Waals surface area contributed by atoms with Crippen LogP contribution in [0.2, 0.25) is 0 Å². The predicted molar refractivity (Wildman–Crippen MR) is 130 cm³/mol. The molecule has 37 heavy (non-hydrogen) atoms. The van der Waals surface area contributed by atoms with Gasteiger partial charge in [-0.3, -0.25) is 9.59 Å². The van der Waals surface area contributed by atoms with Crippen molar-refractivity contribution in [3.63, 3.8) is 0 Å². The van der Waals surface area contributed by atoms with E-state index in [1.54, 1.807) is 21.0 Å². The summed E-state index contributed by atoms with van der Waals surface area (Å²) < 4.78 is 50.5. The average molecular weight is 539 g/mol. The maximum Gasteiger partial charge on any atom is 0.416 e. The van der Waals surface area contributed by atoms with E-state index in [0.29, 0.717) is 12.0 Å². The highest BCUT2D eigenvalue weighted by Crippen LogP contribution is 2.35. The van der Waals surface area contributed by atoms with E-state index in [-0.39, 0.29) is 46.1 Å². The third-order valence-electron chi connectivity index (χ3n) is 5.01. The first kappa shape index (κ1) is 27.7. The molecule has 0 unspecified atom stereocenters. The number of alkyl halides is 3. The lowest BCUT2D eigenvalue weighted by Gasteiger charge is -2.10. The van der Waals surface area contributed by atoms with Crippen molar-refractivity contribution in [1.29, 1.82) is 0 Å². The molecule has 0 aliphatic heterocycles. The van der Waals surface area contributed by atoms with E-state index >= 15 is 0 Å². The van der Waals surface area contributed by atoms with Crippen LogP contribution in [0.4, 0.5) is 18.2 Å². The van der Waals surface area contributed by atoms with Crippen LogP contribution in [-0.4, -0.2) is 53.2 Å². The van der Waals surface area contributed by atoms with Crippen molar-refractivity contribution >= 4 is 34.1 Å². The summed E-state index contributed by atoms with van der Waals surface area (Å²) >= 11 is 0.950. The van der Waals surface area contributed by atoms with Gasteiger partial charge >= 0.3 is 12.1 Å². The highest BCUT2D eigenvalue weighted by molar-refractivity contribution is 7.18. The first-order valence-electron chi connectivity index (χ1n) is 11.1. The zero-order valence-corrected chi connectivity index (χ0v) is 21.3. The third kappa shape index (κ3) is 6.67. The number of hydrogen-bond donors (Lipinski definition) is 1. The smallest absolute Gasteiger partial charge is 0.416 e. The summed E-state index contributed by atoms with van der Waals surface area (Å²) in [5.41, 5.74) is -0.409. The Morgan fingerprint density at radius 3 is 2.57 bits per heavy atom. The number of halogens is 3. The van der Waals surface area contributed by atoms with E-state index in [0.717, 1.165) is 23.5 Å². The number of carbonyl (C=O) groups is 3. The molecule has 13 heteroatoms.